The highest BCUT2D eigenvalue weighted by Crippen LogP contribution is 2.27. The van der Waals surface area contributed by atoms with Crippen LogP contribution >= 0.6 is 0 Å². The van der Waals surface area contributed by atoms with Crippen molar-refractivity contribution in [3.8, 4) is 5.75 Å². The van der Waals surface area contributed by atoms with Crippen molar-refractivity contribution in [1.82, 2.24) is 14.5 Å². The number of aromatic nitrogens is 2. The van der Waals surface area contributed by atoms with E-state index in [-0.39, 0.29) is 36.5 Å². The molecule has 0 fully saturated rings. The van der Waals surface area contributed by atoms with E-state index < -0.39 is 24.8 Å². The maximum absolute atomic E-state index is 13.0. The van der Waals surface area contributed by atoms with E-state index in [2.05, 4.69) is 4.98 Å². The lowest BCUT2D eigenvalue weighted by Gasteiger charge is -2.24. The molecule has 0 atom stereocenters. The highest BCUT2D eigenvalue weighted by Gasteiger charge is 2.42. The van der Waals surface area contributed by atoms with Crippen molar-refractivity contribution in [2.75, 3.05) is 13.2 Å². The number of rotatable bonds is 7. The number of imidazole rings is 1. The zero-order valence-electron chi connectivity index (χ0n) is 16.0. The molecular weight excluding hydrogens is 428 g/mol. The first kappa shape index (κ1) is 22.4. The van der Waals surface area contributed by atoms with Gasteiger partial charge in [0, 0.05) is 6.54 Å². The molecule has 0 aliphatic carbocycles. The topological polar surface area (TPSA) is 47.4 Å². The molecule has 0 saturated carbocycles. The molecule has 3 rings (SSSR count). The quantitative estimate of drug-likeness (QED) is 0.501. The van der Waals surface area contributed by atoms with Crippen LogP contribution in [0.1, 0.15) is 5.56 Å². The molecule has 31 heavy (non-hydrogen) atoms. The summed E-state index contributed by atoms with van der Waals surface area (Å²) in [5.41, 5.74) is 0.818. The molecular formula is C20H17F6N3O2. The Morgan fingerprint density at radius 2 is 1.71 bits per heavy atom. The van der Waals surface area contributed by atoms with Crippen molar-refractivity contribution in [3.05, 3.63) is 60.4 Å². The van der Waals surface area contributed by atoms with Crippen LogP contribution in [0.3, 0.4) is 0 Å². The molecule has 0 aliphatic heterocycles. The summed E-state index contributed by atoms with van der Waals surface area (Å²) in [6.07, 6.45) is -8.48. The average Bonchev–Trinajstić information content (AvgIpc) is 3.09. The van der Waals surface area contributed by atoms with Crippen LogP contribution < -0.4 is 4.74 Å². The number of carbonyl (C=O) groups is 1. The van der Waals surface area contributed by atoms with Crippen LogP contribution in [-0.4, -0.2) is 45.9 Å². The number of amides is 1. The van der Waals surface area contributed by atoms with E-state index in [1.54, 1.807) is 30.3 Å². The monoisotopic (exact) mass is 445 g/mol. The van der Waals surface area contributed by atoms with E-state index >= 15 is 0 Å². The summed E-state index contributed by atoms with van der Waals surface area (Å²) in [6, 6.07) is 12.5. The average molecular weight is 445 g/mol. The molecule has 1 heterocycles. The molecule has 0 unspecified atom stereocenters. The SMILES string of the molecule is O=C(N(CCOc1cccc2c1ncn2CC(F)(F)F)Cc1ccccc1)C(F)(F)F. The first-order valence-electron chi connectivity index (χ1n) is 9.08. The summed E-state index contributed by atoms with van der Waals surface area (Å²) in [4.78, 5) is 16.3. The zero-order chi connectivity index (χ0) is 22.6. The Balaban J connectivity index is 1.72. The number of hydrogen-bond acceptors (Lipinski definition) is 3. The number of fused-ring (bicyclic) bond motifs is 1. The number of ether oxygens (including phenoxy) is 1. The second kappa shape index (κ2) is 8.86. The molecule has 1 amide bonds. The maximum Gasteiger partial charge on any atom is 0.471 e. The largest absolute Gasteiger partial charge is 0.489 e. The van der Waals surface area contributed by atoms with Crippen LogP contribution in [0.4, 0.5) is 26.3 Å². The minimum Gasteiger partial charge on any atom is -0.489 e. The van der Waals surface area contributed by atoms with Gasteiger partial charge in [-0.1, -0.05) is 36.4 Å². The van der Waals surface area contributed by atoms with Crippen molar-refractivity contribution >= 4 is 16.9 Å². The molecule has 5 nitrogen and oxygen atoms in total. The molecule has 166 valence electrons. The van der Waals surface area contributed by atoms with Gasteiger partial charge in [-0.2, -0.15) is 26.3 Å². The molecule has 2 aromatic carbocycles. The molecule has 1 aromatic heterocycles. The van der Waals surface area contributed by atoms with Gasteiger partial charge < -0.3 is 14.2 Å². The van der Waals surface area contributed by atoms with Gasteiger partial charge in [-0.05, 0) is 17.7 Å². The Kier molecular flexibility index (Phi) is 6.42. The first-order chi connectivity index (χ1) is 14.5. The number of halogens is 6. The summed E-state index contributed by atoms with van der Waals surface area (Å²) < 4.78 is 83.3. The Hall–Kier alpha value is -3.24. The molecule has 0 aliphatic rings. The predicted molar refractivity (Wildman–Crippen MR) is 99.2 cm³/mol. The van der Waals surface area contributed by atoms with Gasteiger partial charge in [-0.15, -0.1) is 0 Å². The lowest BCUT2D eigenvalue weighted by Crippen LogP contribution is -2.42. The van der Waals surface area contributed by atoms with Crippen LogP contribution in [0.2, 0.25) is 0 Å². The van der Waals surface area contributed by atoms with Gasteiger partial charge in [0.1, 0.15) is 24.4 Å². The van der Waals surface area contributed by atoms with Crippen LogP contribution in [0.25, 0.3) is 11.0 Å². The van der Waals surface area contributed by atoms with Crippen LogP contribution in [-0.2, 0) is 17.9 Å². The van der Waals surface area contributed by atoms with E-state index in [0.717, 1.165) is 10.9 Å². The number of para-hydroxylation sites is 1. The fraction of sp³-hybridized carbons (Fsp3) is 0.300. The minimum absolute atomic E-state index is 0.109. The standard InChI is InChI=1S/C20H17F6N3O2/c21-19(22,23)12-29-13-27-17-15(29)7-4-8-16(17)31-10-9-28(18(30)20(24,25)26)11-14-5-2-1-3-6-14/h1-8,13H,9-12H2. The summed E-state index contributed by atoms with van der Waals surface area (Å²) in [5, 5.41) is 0. The normalized spacial score (nSPS) is 12.2. The minimum atomic E-state index is -5.05. The fourth-order valence-electron chi connectivity index (χ4n) is 3.00. The summed E-state index contributed by atoms with van der Waals surface area (Å²) >= 11 is 0. The number of carbonyl (C=O) groups excluding carboxylic acids is 1. The van der Waals surface area contributed by atoms with E-state index in [9.17, 15) is 31.1 Å². The van der Waals surface area contributed by atoms with Crippen molar-refractivity contribution in [1.29, 1.82) is 0 Å². The molecule has 0 bridgehead atoms. The van der Waals surface area contributed by atoms with E-state index in [1.165, 1.54) is 18.2 Å². The third-order valence-electron chi connectivity index (χ3n) is 4.33. The first-order valence-corrected chi connectivity index (χ1v) is 9.08. The van der Waals surface area contributed by atoms with Gasteiger partial charge in [0.15, 0.2) is 0 Å². The molecule has 0 N–H and O–H groups in total. The van der Waals surface area contributed by atoms with Gasteiger partial charge in [0.2, 0.25) is 0 Å². The van der Waals surface area contributed by atoms with Gasteiger partial charge in [0.05, 0.1) is 18.4 Å². The number of benzene rings is 2. The lowest BCUT2D eigenvalue weighted by atomic mass is 10.2. The Labute approximate surface area is 172 Å². The van der Waals surface area contributed by atoms with Crippen LogP contribution in [0.15, 0.2) is 54.9 Å². The molecule has 0 radical (unpaired) electrons. The smallest absolute Gasteiger partial charge is 0.471 e. The molecule has 3 aromatic rings. The second-order valence-corrected chi connectivity index (χ2v) is 6.67. The third kappa shape index (κ3) is 5.89. The Morgan fingerprint density at radius 3 is 2.35 bits per heavy atom. The third-order valence-corrected chi connectivity index (χ3v) is 4.33. The van der Waals surface area contributed by atoms with E-state index in [0.29, 0.717) is 10.5 Å². The summed E-state index contributed by atoms with van der Waals surface area (Å²) in [5.74, 6) is -1.90. The van der Waals surface area contributed by atoms with Gasteiger partial charge in [0.25, 0.3) is 0 Å². The zero-order valence-corrected chi connectivity index (χ0v) is 16.0. The Morgan fingerprint density at radius 1 is 1.00 bits per heavy atom. The van der Waals surface area contributed by atoms with Crippen LogP contribution in [0, 0.1) is 0 Å². The van der Waals surface area contributed by atoms with Crippen molar-refractivity contribution < 1.29 is 35.9 Å². The van der Waals surface area contributed by atoms with Crippen molar-refractivity contribution in [3.63, 3.8) is 0 Å². The van der Waals surface area contributed by atoms with Gasteiger partial charge >= 0.3 is 18.3 Å². The summed E-state index contributed by atoms with van der Waals surface area (Å²) in [7, 11) is 0. The number of nitrogens with zero attached hydrogens (tertiary/aromatic N) is 3. The number of alkyl halides is 6. The molecule has 11 heteroatoms. The molecule has 0 saturated heterocycles. The fourth-order valence-corrected chi connectivity index (χ4v) is 3.00. The highest BCUT2D eigenvalue weighted by molar-refractivity contribution is 5.82. The van der Waals surface area contributed by atoms with Crippen LogP contribution in [0.5, 0.6) is 5.75 Å². The second-order valence-electron chi connectivity index (χ2n) is 6.67. The van der Waals surface area contributed by atoms with E-state index in [1.807, 2.05) is 0 Å². The van der Waals surface area contributed by atoms with Gasteiger partial charge in [-0.3, -0.25) is 4.79 Å². The van der Waals surface area contributed by atoms with Crippen molar-refractivity contribution in [2.24, 2.45) is 0 Å². The number of hydrogen-bond donors (Lipinski definition) is 0. The molecule has 0 spiro atoms. The summed E-state index contributed by atoms with van der Waals surface area (Å²) in [6.45, 7) is -2.20. The highest BCUT2D eigenvalue weighted by atomic mass is 19.4. The lowest BCUT2D eigenvalue weighted by molar-refractivity contribution is -0.186. The van der Waals surface area contributed by atoms with Gasteiger partial charge in [-0.25, -0.2) is 4.98 Å². The van der Waals surface area contributed by atoms with Crippen molar-refractivity contribution in [2.45, 2.75) is 25.4 Å². The Bertz CT molecular complexity index is 1030. The maximum atomic E-state index is 13.0. The van der Waals surface area contributed by atoms with E-state index in [4.69, 9.17) is 4.74 Å². The predicted octanol–water partition coefficient (Wildman–Crippen LogP) is 4.57.